The number of carbonyl (C=O) groups excluding carboxylic acids is 2. The van der Waals surface area contributed by atoms with Crippen molar-refractivity contribution in [2.75, 3.05) is 10.6 Å². The average Bonchev–Trinajstić information content (AvgIpc) is 4.00. The molecule has 6 aromatic rings. The molecular formula is C48H59B2ClF6N12O10. The zero-order valence-corrected chi connectivity index (χ0v) is 45.5. The van der Waals surface area contributed by atoms with Gasteiger partial charge < -0.3 is 44.0 Å². The summed E-state index contributed by atoms with van der Waals surface area (Å²) in [5.74, 6) is -1.10. The third kappa shape index (κ3) is 13.7. The molecule has 6 aromatic heterocycles. The van der Waals surface area contributed by atoms with Gasteiger partial charge in [-0.3, -0.25) is 0 Å². The molecule has 79 heavy (non-hydrogen) atoms. The lowest BCUT2D eigenvalue weighted by Gasteiger charge is -2.36. The van der Waals surface area contributed by atoms with E-state index in [9.17, 15) is 46.0 Å². The molecular weight excluding hydrogens is 1080 g/mol. The van der Waals surface area contributed by atoms with Crippen LogP contribution in [-0.2, 0) is 44.2 Å². The van der Waals surface area contributed by atoms with Crippen LogP contribution in [0, 0.1) is 11.8 Å². The fraction of sp³-hybridized carbons (Fsp3) is 0.542. The van der Waals surface area contributed by atoms with Crippen molar-refractivity contribution in [2.24, 2.45) is 11.8 Å². The number of nitrogens with two attached hydrogens (primary N) is 1. The van der Waals surface area contributed by atoms with E-state index in [4.69, 9.17) is 34.0 Å². The number of halogens is 7. The normalized spacial score (nSPS) is 19.8. The number of pyridine rings is 2. The van der Waals surface area contributed by atoms with E-state index in [0.29, 0.717) is 36.5 Å². The Balaban J connectivity index is 0.000000256. The molecule has 1 saturated heterocycles. The minimum atomic E-state index is -4.67. The van der Waals surface area contributed by atoms with Crippen LogP contribution in [0.2, 0.25) is 11.6 Å². The largest absolute Gasteiger partial charge is 0.461 e. The van der Waals surface area contributed by atoms with E-state index in [-0.39, 0.29) is 88.7 Å². The quantitative estimate of drug-likeness (QED) is 0.0804. The highest BCUT2D eigenvalue weighted by molar-refractivity contribution is 6.47. The van der Waals surface area contributed by atoms with Crippen LogP contribution in [0.25, 0.3) is 22.1 Å². The van der Waals surface area contributed by atoms with Crippen LogP contribution in [0.5, 0.6) is 23.5 Å². The Kier molecular flexibility index (Phi) is 16.8. The van der Waals surface area contributed by atoms with E-state index in [0.717, 1.165) is 55.8 Å². The van der Waals surface area contributed by atoms with Crippen LogP contribution in [-0.4, -0.2) is 108 Å². The predicted molar refractivity (Wildman–Crippen MR) is 275 cm³/mol. The summed E-state index contributed by atoms with van der Waals surface area (Å²) < 4.78 is 117. The number of carbonyl (C=O) groups is 2. The molecule has 31 heteroatoms. The van der Waals surface area contributed by atoms with Gasteiger partial charge in [-0.25, -0.2) is 48.9 Å². The number of fused-ring (bicyclic) bond motifs is 2. The first-order valence-corrected chi connectivity index (χ1v) is 24.7. The maximum Gasteiger partial charge on any atom is 0.461 e. The molecule has 0 aromatic carbocycles. The molecule has 2 aliphatic carbocycles. The van der Waals surface area contributed by atoms with Crippen LogP contribution < -0.4 is 20.1 Å². The molecule has 3 fully saturated rings. The monoisotopic (exact) mass is 1130 g/mol. The number of nitrogens with zero attached hydrogens (tertiary/aromatic N) is 11. The number of imide groups is 1. The number of rotatable bonds is 11. The summed E-state index contributed by atoms with van der Waals surface area (Å²) in [6.07, 6.45) is -4.41. The van der Waals surface area contributed by atoms with Gasteiger partial charge in [0.1, 0.15) is 40.4 Å². The minimum Gasteiger partial charge on any atom is -0.443 e. The van der Waals surface area contributed by atoms with Gasteiger partial charge in [-0.1, -0.05) is 0 Å². The lowest BCUT2D eigenvalue weighted by atomic mass is 9.56. The number of amides is 2. The second-order valence-corrected chi connectivity index (χ2v) is 22.3. The Hall–Kier alpha value is -6.62. The summed E-state index contributed by atoms with van der Waals surface area (Å²) >= 11 is 0. The third-order valence-corrected chi connectivity index (χ3v) is 13.4. The Bertz CT molecular complexity index is 3140. The van der Waals surface area contributed by atoms with Crippen LogP contribution in [0.4, 0.5) is 47.6 Å². The van der Waals surface area contributed by atoms with Gasteiger partial charge in [0.05, 0.1) is 22.3 Å². The van der Waals surface area contributed by atoms with Gasteiger partial charge in [-0.2, -0.15) is 31.2 Å². The molecule has 0 atom stereocenters. The Morgan fingerprint density at radius 3 is 1.58 bits per heavy atom. The summed E-state index contributed by atoms with van der Waals surface area (Å²) in [6.45, 7) is 18.4. The summed E-state index contributed by atoms with van der Waals surface area (Å²) in [5.41, 5.74) is 1.56. The van der Waals surface area contributed by atoms with Gasteiger partial charge in [0, 0.05) is 37.6 Å². The zero-order chi connectivity index (χ0) is 57.1. The molecule has 4 N–H and O–H groups in total. The molecule has 7 heterocycles. The summed E-state index contributed by atoms with van der Waals surface area (Å²) in [5, 5.41) is 27.5. The van der Waals surface area contributed by atoms with Crippen molar-refractivity contribution in [3.8, 4) is 23.5 Å². The Labute approximate surface area is 455 Å². The number of nitrogen functional groups attached to an aromatic ring is 1. The van der Waals surface area contributed by atoms with E-state index < -0.39 is 71.1 Å². The van der Waals surface area contributed by atoms with E-state index in [1.165, 1.54) is 15.7 Å². The van der Waals surface area contributed by atoms with Crippen molar-refractivity contribution in [3.63, 3.8) is 0 Å². The van der Waals surface area contributed by atoms with Crippen LogP contribution in [0.15, 0.2) is 49.3 Å². The molecule has 426 valence electrons. The molecule has 1 aliphatic heterocycles. The number of alkyl halides is 6. The number of anilines is 2. The first kappa shape index (κ1) is 60.0. The van der Waals surface area contributed by atoms with E-state index in [2.05, 4.69) is 40.1 Å². The Morgan fingerprint density at radius 1 is 0.709 bits per heavy atom. The van der Waals surface area contributed by atoms with Gasteiger partial charge >= 0.3 is 38.8 Å². The molecule has 0 radical (unpaired) electrons. The van der Waals surface area contributed by atoms with E-state index in [1.807, 2.05) is 27.7 Å². The number of aromatic nitrogens is 10. The first-order chi connectivity index (χ1) is 36.2. The van der Waals surface area contributed by atoms with Crippen LogP contribution >= 0.6 is 12.4 Å². The fourth-order valence-corrected chi connectivity index (χ4v) is 8.78. The smallest absolute Gasteiger partial charge is 0.443 e. The van der Waals surface area contributed by atoms with Crippen LogP contribution in [0.1, 0.15) is 106 Å². The van der Waals surface area contributed by atoms with Crippen molar-refractivity contribution in [2.45, 2.75) is 154 Å². The third-order valence-electron chi connectivity index (χ3n) is 13.4. The highest BCUT2D eigenvalue weighted by Crippen LogP contribution is 2.50. The van der Waals surface area contributed by atoms with Crippen molar-refractivity contribution >= 4 is 72.5 Å². The van der Waals surface area contributed by atoms with Crippen molar-refractivity contribution in [1.29, 1.82) is 0 Å². The molecule has 9 rings (SSSR count). The lowest BCUT2D eigenvalue weighted by molar-refractivity contribution is -0.138. The van der Waals surface area contributed by atoms with E-state index >= 15 is 0 Å². The molecule has 2 amide bonds. The zero-order valence-electron chi connectivity index (χ0n) is 44.7. The highest BCUT2D eigenvalue weighted by Gasteiger charge is 2.56. The van der Waals surface area contributed by atoms with Gasteiger partial charge in [-0.15, -0.1) is 22.6 Å². The number of hydrogen-bond donors (Lipinski definition) is 3. The topological polar surface area (TPSA) is 272 Å². The van der Waals surface area contributed by atoms with Crippen molar-refractivity contribution < 1.29 is 74.2 Å². The Morgan fingerprint density at radius 2 is 1.14 bits per heavy atom. The van der Waals surface area contributed by atoms with Gasteiger partial charge in [0.2, 0.25) is 11.8 Å². The second kappa shape index (κ2) is 22.1. The van der Waals surface area contributed by atoms with Gasteiger partial charge in [0.15, 0.2) is 17.1 Å². The fourth-order valence-electron chi connectivity index (χ4n) is 8.78. The number of ether oxygens (including phenoxy) is 4. The maximum atomic E-state index is 13.6. The van der Waals surface area contributed by atoms with Gasteiger partial charge in [0.25, 0.3) is 11.8 Å². The summed E-state index contributed by atoms with van der Waals surface area (Å²) in [4.78, 5) is 52.1. The number of hydrogen-bond acceptors (Lipinski definition) is 19. The van der Waals surface area contributed by atoms with Crippen molar-refractivity contribution in [3.05, 3.63) is 60.4 Å². The minimum absolute atomic E-state index is 0. The molecule has 0 unspecified atom stereocenters. The molecule has 22 nitrogen and oxygen atoms in total. The molecule has 3 aliphatic rings. The summed E-state index contributed by atoms with van der Waals surface area (Å²) in [7, 11) is -1.73. The van der Waals surface area contributed by atoms with Crippen LogP contribution in [0.3, 0.4) is 0 Å². The molecule has 0 spiro atoms. The average molecular weight is 1140 g/mol. The summed E-state index contributed by atoms with van der Waals surface area (Å²) in [6, 6.07) is 3.13. The predicted octanol–water partition coefficient (Wildman–Crippen LogP) is 9.87. The molecule has 2 saturated carbocycles. The second-order valence-electron chi connectivity index (χ2n) is 22.3. The SMILES string of the molecule is CC(C)(C)OC(=O)N(C(=O)OC(C)(C)C)c1ncnc2c1c(Oc1cc(C(F)(F)F)ccn1)nn2CC1CC(B2OC(C)(C)C(C)(C)O2)C1.Cl.Nc1ncnc2c1c(Oc1cc(C(F)(F)F)ccn1)nn2CC1CC(B(O)O)C1. The van der Waals surface area contributed by atoms with E-state index in [1.54, 1.807) is 41.5 Å². The highest BCUT2D eigenvalue weighted by atomic mass is 35.5. The molecule has 0 bridgehead atoms. The maximum absolute atomic E-state index is 13.6. The first-order valence-electron chi connectivity index (χ1n) is 24.7. The van der Waals surface area contributed by atoms with Crippen molar-refractivity contribution in [1.82, 2.24) is 49.5 Å². The lowest BCUT2D eigenvalue weighted by Crippen LogP contribution is -2.44. The standard InChI is InChI=1S/C32H42BF3N6O7.C16H16BF3N6O3.ClH/c1-28(2,3)46-26(43)42(27(44)47-29(4,5)6)24-22-23(38-17-39-24)41(40-25(22)45-21-15-19(11-12-37-21)32(34,35)36)16-18-13-20(14-18)33-48-30(7,8)31(9,10)49-33;18-16(19,20)9-1-2-22-11(5-9)29-15-12-13(21)23-7-24-14(12)26(25-15)6-8-3-10(4-8)17(27)28;/h11-12,15,17-18,20H,13-14,16H2,1-10H3;1-2,5,7-8,10,27-28H,3-4,6H2,(H2,21,23,24);1H. The van der Waals surface area contributed by atoms with Gasteiger partial charge in [-0.05, 0) is 131 Å².